The van der Waals surface area contributed by atoms with E-state index in [-0.39, 0.29) is 17.1 Å². The van der Waals surface area contributed by atoms with E-state index in [1.165, 1.54) is 0 Å². The monoisotopic (exact) mass is 262 g/mol. The zero-order valence-corrected chi connectivity index (χ0v) is 12.5. The molecule has 1 aromatic heterocycles. The number of ether oxygens (including phenoxy) is 2. The quantitative estimate of drug-likeness (QED) is 0.822. The highest BCUT2D eigenvalue weighted by Gasteiger charge is 2.45. The summed E-state index contributed by atoms with van der Waals surface area (Å²) in [5.74, 6) is 1.35. The summed E-state index contributed by atoms with van der Waals surface area (Å²) < 4.78 is 11.1. The first-order chi connectivity index (χ1) is 8.74. The van der Waals surface area contributed by atoms with E-state index in [0.717, 1.165) is 11.4 Å². The predicted molar refractivity (Wildman–Crippen MR) is 75.7 cm³/mol. The molecule has 0 aliphatic carbocycles. The third-order valence-electron chi connectivity index (χ3n) is 3.28. The normalized spacial score (nSPS) is 21.8. The lowest BCUT2D eigenvalue weighted by Crippen LogP contribution is -2.42. The highest BCUT2D eigenvalue weighted by Crippen LogP contribution is 2.38. The standard InChI is InChI=1S/C15H22N2O2/c1-14(2,3)13-15(4,5)19-12(17-13)11-8-7-10(18-6)9-16-11/h7-9,13H,1-6H3/t13-/m0/s1. The number of aromatic nitrogens is 1. The molecule has 0 N–H and O–H groups in total. The zero-order chi connectivity index (χ0) is 14.3. The lowest BCUT2D eigenvalue weighted by atomic mass is 9.78. The van der Waals surface area contributed by atoms with Gasteiger partial charge in [0.05, 0.1) is 19.3 Å². The van der Waals surface area contributed by atoms with Gasteiger partial charge in [-0.05, 0) is 31.4 Å². The van der Waals surface area contributed by atoms with E-state index in [1.54, 1.807) is 13.3 Å². The average Bonchev–Trinajstić information content (AvgIpc) is 2.65. The topological polar surface area (TPSA) is 43.7 Å². The molecule has 2 heterocycles. The third kappa shape index (κ3) is 2.72. The summed E-state index contributed by atoms with van der Waals surface area (Å²) in [4.78, 5) is 9.06. The summed E-state index contributed by atoms with van der Waals surface area (Å²) in [6.07, 6.45) is 1.68. The molecule has 0 radical (unpaired) electrons. The molecule has 0 unspecified atom stereocenters. The first kappa shape index (κ1) is 13.8. The van der Waals surface area contributed by atoms with Crippen LogP contribution in [-0.4, -0.2) is 29.6 Å². The molecule has 0 saturated heterocycles. The highest BCUT2D eigenvalue weighted by atomic mass is 16.5. The molecule has 19 heavy (non-hydrogen) atoms. The van der Waals surface area contributed by atoms with Crippen molar-refractivity contribution in [3.63, 3.8) is 0 Å². The van der Waals surface area contributed by atoms with Crippen molar-refractivity contribution in [3.8, 4) is 5.75 Å². The summed E-state index contributed by atoms with van der Waals surface area (Å²) >= 11 is 0. The lowest BCUT2D eigenvalue weighted by Gasteiger charge is -2.34. The van der Waals surface area contributed by atoms with Crippen LogP contribution in [0.25, 0.3) is 0 Å². The molecule has 1 atom stereocenters. The molecule has 4 heteroatoms. The molecule has 1 aromatic rings. The molecular weight excluding hydrogens is 240 g/mol. The number of hydrogen-bond donors (Lipinski definition) is 0. The maximum Gasteiger partial charge on any atom is 0.236 e. The van der Waals surface area contributed by atoms with Crippen LogP contribution < -0.4 is 4.74 Å². The van der Waals surface area contributed by atoms with E-state index >= 15 is 0 Å². The van der Waals surface area contributed by atoms with Crippen molar-refractivity contribution >= 4 is 5.90 Å². The molecule has 104 valence electrons. The van der Waals surface area contributed by atoms with Crippen molar-refractivity contribution in [2.24, 2.45) is 10.4 Å². The van der Waals surface area contributed by atoms with Crippen LogP contribution in [0.2, 0.25) is 0 Å². The Morgan fingerprint density at radius 2 is 1.95 bits per heavy atom. The number of rotatable bonds is 2. The van der Waals surface area contributed by atoms with Crippen molar-refractivity contribution in [1.29, 1.82) is 0 Å². The van der Waals surface area contributed by atoms with Gasteiger partial charge in [-0.25, -0.2) is 9.98 Å². The fourth-order valence-electron chi connectivity index (χ4n) is 2.59. The van der Waals surface area contributed by atoms with Gasteiger partial charge < -0.3 is 9.47 Å². The summed E-state index contributed by atoms with van der Waals surface area (Å²) in [6.45, 7) is 10.7. The molecule has 0 spiro atoms. The van der Waals surface area contributed by atoms with Crippen LogP contribution in [0.1, 0.15) is 40.3 Å². The Hall–Kier alpha value is -1.58. The Labute approximate surface area is 114 Å². The van der Waals surface area contributed by atoms with Crippen LogP contribution in [-0.2, 0) is 4.74 Å². The van der Waals surface area contributed by atoms with Gasteiger partial charge in [0.15, 0.2) is 0 Å². The molecule has 1 aliphatic rings. The first-order valence-corrected chi connectivity index (χ1v) is 6.51. The molecular formula is C15H22N2O2. The molecule has 2 rings (SSSR count). The summed E-state index contributed by atoms with van der Waals surface area (Å²) in [5, 5.41) is 0. The summed E-state index contributed by atoms with van der Waals surface area (Å²) in [5.41, 5.74) is 0.494. The van der Waals surface area contributed by atoms with E-state index < -0.39 is 0 Å². The van der Waals surface area contributed by atoms with Gasteiger partial charge in [0.1, 0.15) is 17.0 Å². The second kappa shape index (κ2) is 4.51. The minimum absolute atomic E-state index is 0.0533. The van der Waals surface area contributed by atoms with Crippen LogP contribution >= 0.6 is 0 Å². The van der Waals surface area contributed by atoms with E-state index in [1.807, 2.05) is 12.1 Å². The van der Waals surface area contributed by atoms with Gasteiger partial charge in [-0.1, -0.05) is 20.8 Å². The van der Waals surface area contributed by atoms with Crippen LogP contribution in [0.4, 0.5) is 0 Å². The zero-order valence-electron chi connectivity index (χ0n) is 12.5. The van der Waals surface area contributed by atoms with Crippen molar-refractivity contribution in [2.45, 2.75) is 46.3 Å². The first-order valence-electron chi connectivity index (χ1n) is 6.51. The van der Waals surface area contributed by atoms with Gasteiger partial charge in [-0.15, -0.1) is 0 Å². The minimum atomic E-state index is -0.310. The van der Waals surface area contributed by atoms with Crippen molar-refractivity contribution in [1.82, 2.24) is 4.98 Å². The molecule has 0 saturated carbocycles. The van der Waals surface area contributed by atoms with Gasteiger partial charge in [0, 0.05) is 0 Å². The van der Waals surface area contributed by atoms with E-state index in [0.29, 0.717) is 5.90 Å². The number of aliphatic imine (C=N–C) groups is 1. The molecule has 0 fully saturated rings. The van der Waals surface area contributed by atoms with Gasteiger partial charge in [-0.2, -0.15) is 0 Å². The summed E-state index contributed by atoms with van der Waals surface area (Å²) in [6, 6.07) is 3.85. The van der Waals surface area contributed by atoms with E-state index in [9.17, 15) is 0 Å². The largest absolute Gasteiger partial charge is 0.495 e. The number of hydrogen-bond acceptors (Lipinski definition) is 4. The second-order valence-electron chi connectivity index (χ2n) is 6.49. The number of pyridine rings is 1. The Balaban J connectivity index is 2.31. The van der Waals surface area contributed by atoms with Gasteiger partial charge in [0.2, 0.25) is 5.90 Å². The molecule has 1 aliphatic heterocycles. The van der Waals surface area contributed by atoms with Crippen LogP contribution in [0.15, 0.2) is 23.3 Å². The number of nitrogens with zero attached hydrogens (tertiary/aromatic N) is 2. The number of methoxy groups -OCH3 is 1. The van der Waals surface area contributed by atoms with Gasteiger partial charge in [-0.3, -0.25) is 0 Å². The Morgan fingerprint density at radius 3 is 2.37 bits per heavy atom. The predicted octanol–water partition coefficient (Wildman–Crippen LogP) is 3.06. The average molecular weight is 262 g/mol. The SMILES string of the molecule is COc1ccc(C2=N[C@@H](C(C)(C)C)C(C)(C)O2)nc1. The van der Waals surface area contributed by atoms with Crippen LogP contribution in [0.3, 0.4) is 0 Å². The molecule has 0 bridgehead atoms. The van der Waals surface area contributed by atoms with Gasteiger partial charge in [0.25, 0.3) is 0 Å². The maximum atomic E-state index is 5.99. The fourth-order valence-corrected chi connectivity index (χ4v) is 2.59. The lowest BCUT2D eigenvalue weighted by molar-refractivity contribution is 0.0558. The van der Waals surface area contributed by atoms with E-state index in [2.05, 4.69) is 39.6 Å². The fraction of sp³-hybridized carbons (Fsp3) is 0.600. The van der Waals surface area contributed by atoms with Gasteiger partial charge >= 0.3 is 0 Å². The van der Waals surface area contributed by atoms with Crippen LogP contribution in [0, 0.1) is 5.41 Å². The summed E-state index contributed by atoms with van der Waals surface area (Å²) in [7, 11) is 1.62. The minimum Gasteiger partial charge on any atom is -0.495 e. The Bertz CT molecular complexity index is 484. The van der Waals surface area contributed by atoms with Crippen molar-refractivity contribution in [3.05, 3.63) is 24.0 Å². The van der Waals surface area contributed by atoms with E-state index in [4.69, 9.17) is 14.5 Å². The highest BCUT2D eigenvalue weighted by molar-refractivity contribution is 5.94. The maximum absolute atomic E-state index is 5.99. The Kier molecular flexibility index (Phi) is 3.29. The van der Waals surface area contributed by atoms with Crippen LogP contribution in [0.5, 0.6) is 5.75 Å². The van der Waals surface area contributed by atoms with Crippen molar-refractivity contribution in [2.75, 3.05) is 7.11 Å². The Morgan fingerprint density at radius 1 is 1.26 bits per heavy atom. The smallest absolute Gasteiger partial charge is 0.236 e. The molecule has 0 aromatic carbocycles. The second-order valence-corrected chi connectivity index (χ2v) is 6.49. The third-order valence-corrected chi connectivity index (χ3v) is 3.28. The molecule has 4 nitrogen and oxygen atoms in total. The van der Waals surface area contributed by atoms with Crippen molar-refractivity contribution < 1.29 is 9.47 Å². The molecule has 0 amide bonds.